The van der Waals surface area contributed by atoms with Crippen molar-refractivity contribution in [2.75, 3.05) is 44.4 Å². The van der Waals surface area contributed by atoms with E-state index in [4.69, 9.17) is 49.3 Å². The molecule has 0 amide bonds. The van der Waals surface area contributed by atoms with Gasteiger partial charge in [-0.3, -0.25) is 35.3 Å². The summed E-state index contributed by atoms with van der Waals surface area (Å²) >= 11 is 0. The van der Waals surface area contributed by atoms with Crippen molar-refractivity contribution in [1.29, 1.82) is 0 Å². The maximum Gasteiger partial charge on any atom is 0.510 e. The second kappa shape index (κ2) is 23.4. The zero-order valence-corrected chi connectivity index (χ0v) is 35.3. The number of ether oxygens (including phenoxy) is 6. The maximum absolute atomic E-state index is 15.0. The average molecular weight is 892 g/mol. The standard InChI is InChI=1S/C38H49N7O16S/c1-26(60-37(47)57-21-8-9-22-58-44(48)49)43(62(52,53)28-17-15-27(16-18-28)38(2,3)4)35-32(61-30-13-7-6-12-29(30)54-5)36(42-34(41-35)33-39-19-11-20-40-33)56-25-24-55-31(46)14-10-23-59-45(50)51/h6-7,11-13,15-20,26,48-51H,8-10,14,21-25H2,1-5H3. The molecule has 2 heterocycles. The maximum atomic E-state index is 15.0. The van der Waals surface area contributed by atoms with Crippen molar-refractivity contribution in [1.82, 2.24) is 30.7 Å². The van der Waals surface area contributed by atoms with Crippen molar-refractivity contribution < 1.29 is 76.9 Å². The van der Waals surface area contributed by atoms with Gasteiger partial charge in [0.15, 0.2) is 29.4 Å². The first kappa shape index (κ1) is 48.8. The third-order valence-electron chi connectivity index (χ3n) is 8.23. The summed E-state index contributed by atoms with van der Waals surface area (Å²) in [7, 11) is -3.39. The van der Waals surface area contributed by atoms with E-state index in [0.29, 0.717) is 4.31 Å². The molecule has 0 aliphatic rings. The van der Waals surface area contributed by atoms with Crippen molar-refractivity contribution >= 4 is 28.0 Å². The summed E-state index contributed by atoms with van der Waals surface area (Å²) < 4.78 is 64.6. The molecule has 2 aromatic heterocycles. The number of sulfonamides is 1. The first-order valence-electron chi connectivity index (χ1n) is 18.9. The van der Waals surface area contributed by atoms with Crippen LogP contribution in [0.25, 0.3) is 11.6 Å². The predicted molar refractivity (Wildman–Crippen MR) is 210 cm³/mol. The van der Waals surface area contributed by atoms with Crippen molar-refractivity contribution in [3.8, 4) is 34.8 Å². The molecule has 0 spiro atoms. The number of methoxy groups -OCH3 is 1. The van der Waals surface area contributed by atoms with Crippen LogP contribution in [0.2, 0.25) is 0 Å². The van der Waals surface area contributed by atoms with E-state index in [2.05, 4.69) is 29.6 Å². The smallest absolute Gasteiger partial charge is 0.493 e. The van der Waals surface area contributed by atoms with Gasteiger partial charge in [0.05, 0.1) is 42.6 Å². The third-order valence-corrected chi connectivity index (χ3v) is 10.1. The number of unbranched alkanes of at least 4 members (excludes halogenated alkanes) is 1. The number of hydrogen-bond donors (Lipinski definition) is 4. The highest BCUT2D eigenvalue weighted by molar-refractivity contribution is 7.92. The molecule has 23 nitrogen and oxygen atoms in total. The normalized spacial score (nSPS) is 12.2. The Morgan fingerprint density at radius 2 is 1.39 bits per heavy atom. The van der Waals surface area contributed by atoms with Gasteiger partial charge in [-0.25, -0.2) is 32.5 Å². The number of carbonyl (C=O) groups excluding carboxylic acids is 2. The van der Waals surface area contributed by atoms with Crippen LogP contribution >= 0.6 is 0 Å². The Morgan fingerprint density at radius 1 is 0.758 bits per heavy atom. The van der Waals surface area contributed by atoms with E-state index in [1.807, 2.05) is 20.8 Å². The van der Waals surface area contributed by atoms with Crippen LogP contribution in [0.4, 0.5) is 10.6 Å². The molecule has 338 valence electrons. The van der Waals surface area contributed by atoms with Crippen molar-refractivity contribution in [2.45, 2.75) is 69.9 Å². The molecule has 1 unspecified atom stereocenters. The van der Waals surface area contributed by atoms with Gasteiger partial charge in [-0.2, -0.15) is 4.98 Å². The summed E-state index contributed by atoms with van der Waals surface area (Å²) in [5.41, 5.74) is 0.484. The van der Waals surface area contributed by atoms with Crippen LogP contribution in [0.3, 0.4) is 0 Å². The van der Waals surface area contributed by atoms with E-state index in [1.54, 1.807) is 30.3 Å². The van der Waals surface area contributed by atoms with Crippen molar-refractivity contribution in [2.24, 2.45) is 0 Å². The summed E-state index contributed by atoms with van der Waals surface area (Å²) in [6.07, 6.45) is 0.197. The van der Waals surface area contributed by atoms with Gasteiger partial charge in [-0.1, -0.05) is 45.0 Å². The molecule has 0 aliphatic heterocycles. The Kier molecular flexibility index (Phi) is 18.4. The summed E-state index contributed by atoms with van der Waals surface area (Å²) in [4.78, 5) is 51.7. The Hall–Kier alpha value is -5.83. The van der Waals surface area contributed by atoms with Crippen LogP contribution in [0, 0.1) is 0 Å². The highest BCUT2D eigenvalue weighted by Crippen LogP contribution is 2.44. The van der Waals surface area contributed by atoms with Gasteiger partial charge in [-0.05, 0) is 67.5 Å². The monoisotopic (exact) mass is 891 g/mol. The number of aromatic nitrogens is 4. The minimum Gasteiger partial charge on any atom is -0.493 e. The largest absolute Gasteiger partial charge is 0.510 e. The van der Waals surface area contributed by atoms with E-state index in [0.717, 1.165) is 5.56 Å². The fraction of sp³-hybridized carbons (Fsp3) is 0.421. The zero-order valence-electron chi connectivity index (χ0n) is 34.5. The SMILES string of the molecule is COc1ccccc1Oc1c(OCCOC(=O)CCCON(O)O)nc(-c2ncccn2)nc1N(C(C)OC(=O)OCCCCON(O)O)S(=O)(=O)c1ccc(C(C)(C)C)cc1. The van der Waals surface area contributed by atoms with E-state index >= 15 is 0 Å². The quantitative estimate of drug-likeness (QED) is 0.0303. The molecule has 2 aromatic carbocycles. The van der Waals surface area contributed by atoms with Crippen LogP contribution < -0.4 is 18.5 Å². The van der Waals surface area contributed by atoms with E-state index in [9.17, 15) is 18.0 Å². The lowest BCUT2D eigenvalue weighted by Crippen LogP contribution is -2.42. The third kappa shape index (κ3) is 14.7. The predicted octanol–water partition coefficient (Wildman–Crippen LogP) is 5.23. The fourth-order valence-corrected chi connectivity index (χ4v) is 6.75. The lowest BCUT2D eigenvalue weighted by Gasteiger charge is -2.30. The summed E-state index contributed by atoms with van der Waals surface area (Å²) in [5.74, 6) is -2.06. The number of anilines is 1. The molecule has 4 rings (SSSR count). The lowest BCUT2D eigenvalue weighted by atomic mass is 9.87. The lowest BCUT2D eigenvalue weighted by molar-refractivity contribution is -0.492. The molecule has 0 aliphatic carbocycles. The van der Waals surface area contributed by atoms with E-state index in [-0.39, 0.29) is 98.1 Å². The van der Waals surface area contributed by atoms with Gasteiger partial charge in [0.1, 0.15) is 13.2 Å². The molecule has 4 N–H and O–H groups in total. The topological polar surface area (TPSA) is 284 Å². The molecule has 4 aromatic rings. The molecule has 0 bridgehead atoms. The van der Waals surface area contributed by atoms with Gasteiger partial charge < -0.3 is 28.4 Å². The molecule has 1 atom stereocenters. The molecular formula is C38H49N7O16S. The van der Waals surface area contributed by atoms with Crippen LogP contribution in [0.1, 0.15) is 58.9 Å². The van der Waals surface area contributed by atoms with Crippen LogP contribution in [-0.4, -0.2) is 118 Å². The van der Waals surface area contributed by atoms with Gasteiger partial charge in [0.2, 0.25) is 11.6 Å². The first-order chi connectivity index (χ1) is 29.5. The Bertz CT molecular complexity index is 2140. The molecule has 0 saturated carbocycles. The summed E-state index contributed by atoms with van der Waals surface area (Å²) in [6.45, 7) is 5.91. The number of rotatable bonds is 24. The number of para-hydroxylation sites is 2. The highest BCUT2D eigenvalue weighted by Gasteiger charge is 2.38. The highest BCUT2D eigenvalue weighted by atomic mass is 32.2. The Morgan fingerprint density at radius 3 is 2.02 bits per heavy atom. The zero-order chi connectivity index (χ0) is 45.3. The van der Waals surface area contributed by atoms with Crippen LogP contribution in [0.5, 0.6) is 23.1 Å². The Balaban J connectivity index is 1.84. The molecule has 62 heavy (non-hydrogen) atoms. The average Bonchev–Trinajstić information content (AvgIpc) is 3.23. The number of hydrogen-bond acceptors (Lipinski definition) is 22. The first-order valence-corrected chi connectivity index (χ1v) is 20.3. The second-order valence-electron chi connectivity index (χ2n) is 13.8. The molecule has 0 radical (unpaired) electrons. The number of carbonyl (C=O) groups is 2. The van der Waals surface area contributed by atoms with Crippen molar-refractivity contribution in [3.63, 3.8) is 0 Å². The Labute approximate surface area is 356 Å². The summed E-state index contributed by atoms with van der Waals surface area (Å²) in [6, 6.07) is 14.0. The molecule has 0 saturated heterocycles. The van der Waals surface area contributed by atoms with Crippen molar-refractivity contribution in [3.05, 3.63) is 72.6 Å². The van der Waals surface area contributed by atoms with Gasteiger partial charge in [0.25, 0.3) is 15.9 Å². The number of esters is 1. The minimum atomic E-state index is -4.78. The fourth-order valence-electron chi connectivity index (χ4n) is 5.26. The van der Waals surface area contributed by atoms with Gasteiger partial charge in [-0.15, -0.1) is 0 Å². The van der Waals surface area contributed by atoms with Gasteiger partial charge >= 0.3 is 12.1 Å². The molecule has 0 fully saturated rings. The van der Waals surface area contributed by atoms with E-state index < -0.39 is 50.7 Å². The summed E-state index contributed by atoms with van der Waals surface area (Å²) in [5, 5.41) is 33.9. The number of benzene rings is 2. The second-order valence-corrected chi connectivity index (χ2v) is 15.6. The van der Waals surface area contributed by atoms with Gasteiger partial charge in [0, 0.05) is 18.8 Å². The molecule has 24 heteroatoms. The van der Waals surface area contributed by atoms with E-state index in [1.165, 1.54) is 50.7 Å². The number of nitrogens with zero attached hydrogens (tertiary/aromatic N) is 7. The minimum absolute atomic E-state index is 0.0562. The van der Waals surface area contributed by atoms with Crippen LogP contribution in [-0.2, 0) is 44.1 Å². The molecular weight excluding hydrogens is 843 g/mol. The van der Waals surface area contributed by atoms with Crippen LogP contribution in [0.15, 0.2) is 71.9 Å².